The smallest absolute Gasteiger partial charge is 0.236 e. The van der Waals surface area contributed by atoms with Gasteiger partial charge in [0, 0.05) is 0 Å². The average molecular weight is 194 g/mol. The molecule has 1 atom stereocenters. The summed E-state index contributed by atoms with van der Waals surface area (Å²) in [4.78, 5) is 10.6. The van der Waals surface area contributed by atoms with Gasteiger partial charge in [-0.1, -0.05) is 30.3 Å². The lowest BCUT2D eigenvalue weighted by atomic mass is 10.2. The van der Waals surface area contributed by atoms with Crippen LogP contribution in [-0.4, -0.2) is 18.6 Å². The minimum Gasteiger partial charge on any atom is -0.375 e. The van der Waals surface area contributed by atoms with Gasteiger partial charge in [0.05, 0.1) is 13.2 Å². The summed E-state index contributed by atoms with van der Waals surface area (Å²) in [5, 5.41) is 0. The van der Waals surface area contributed by atoms with Crippen LogP contribution in [0, 0.1) is 0 Å². The summed E-state index contributed by atoms with van der Waals surface area (Å²) < 4.78 is 5.22. The molecule has 1 aromatic rings. The summed E-state index contributed by atoms with van der Waals surface area (Å²) in [7, 11) is 0. The Morgan fingerprint density at radius 1 is 1.36 bits per heavy atom. The number of rotatable bonds is 5. The van der Waals surface area contributed by atoms with E-state index in [-0.39, 0.29) is 6.61 Å². The second-order valence-corrected chi connectivity index (χ2v) is 3.01. The minimum atomic E-state index is -0.723. The second kappa shape index (κ2) is 5.36. The number of primary amides is 1. The van der Waals surface area contributed by atoms with Crippen LogP contribution in [0.2, 0.25) is 0 Å². The van der Waals surface area contributed by atoms with Crippen molar-refractivity contribution in [3.05, 3.63) is 35.9 Å². The van der Waals surface area contributed by atoms with Crippen LogP contribution in [0.15, 0.2) is 30.3 Å². The fraction of sp³-hybridized carbons (Fsp3) is 0.300. The van der Waals surface area contributed by atoms with Crippen molar-refractivity contribution >= 4 is 5.91 Å². The van der Waals surface area contributed by atoms with Gasteiger partial charge in [-0.2, -0.15) is 0 Å². The van der Waals surface area contributed by atoms with Crippen LogP contribution in [0.4, 0.5) is 0 Å². The van der Waals surface area contributed by atoms with Crippen molar-refractivity contribution in [1.82, 2.24) is 0 Å². The van der Waals surface area contributed by atoms with Crippen molar-refractivity contribution in [1.29, 1.82) is 0 Å². The Hall–Kier alpha value is -1.39. The molecular weight excluding hydrogens is 180 g/mol. The molecule has 4 heteroatoms. The lowest BCUT2D eigenvalue weighted by Gasteiger charge is -2.08. The van der Waals surface area contributed by atoms with Crippen molar-refractivity contribution in [2.24, 2.45) is 11.5 Å². The first kappa shape index (κ1) is 10.7. The van der Waals surface area contributed by atoms with E-state index in [0.29, 0.717) is 6.61 Å². The van der Waals surface area contributed by atoms with Crippen molar-refractivity contribution in [3.8, 4) is 0 Å². The highest BCUT2D eigenvalue weighted by molar-refractivity contribution is 5.79. The molecular formula is C10H14N2O2. The van der Waals surface area contributed by atoms with E-state index in [1.807, 2.05) is 30.3 Å². The number of amides is 1. The van der Waals surface area contributed by atoms with Gasteiger partial charge in [0.1, 0.15) is 6.04 Å². The number of carbonyl (C=O) groups excluding carboxylic acids is 1. The van der Waals surface area contributed by atoms with Crippen LogP contribution in [0.5, 0.6) is 0 Å². The number of ether oxygens (including phenoxy) is 1. The van der Waals surface area contributed by atoms with E-state index < -0.39 is 11.9 Å². The molecule has 0 aromatic heterocycles. The zero-order valence-electron chi connectivity index (χ0n) is 7.85. The molecule has 0 aliphatic carbocycles. The fourth-order valence-corrected chi connectivity index (χ4v) is 0.960. The summed E-state index contributed by atoms with van der Waals surface area (Å²) in [5.41, 5.74) is 11.4. The Kier molecular flexibility index (Phi) is 4.10. The van der Waals surface area contributed by atoms with Crippen LogP contribution < -0.4 is 11.5 Å². The van der Waals surface area contributed by atoms with Crippen molar-refractivity contribution in [3.63, 3.8) is 0 Å². The van der Waals surface area contributed by atoms with Crippen LogP contribution in [-0.2, 0) is 16.1 Å². The molecule has 0 saturated carbocycles. The van der Waals surface area contributed by atoms with Crippen LogP contribution in [0.1, 0.15) is 5.56 Å². The SMILES string of the molecule is NC(=O)[C@H](N)COCc1ccccc1. The maximum absolute atomic E-state index is 10.6. The molecule has 0 saturated heterocycles. The van der Waals surface area contributed by atoms with Gasteiger partial charge in [-0.05, 0) is 5.56 Å². The molecule has 1 amide bonds. The fourth-order valence-electron chi connectivity index (χ4n) is 0.960. The minimum absolute atomic E-state index is 0.157. The first-order chi connectivity index (χ1) is 6.70. The van der Waals surface area contributed by atoms with Gasteiger partial charge < -0.3 is 16.2 Å². The number of benzene rings is 1. The highest BCUT2D eigenvalue weighted by Gasteiger charge is 2.08. The van der Waals surface area contributed by atoms with Crippen molar-refractivity contribution in [2.75, 3.05) is 6.61 Å². The normalized spacial score (nSPS) is 12.4. The average Bonchev–Trinajstić information content (AvgIpc) is 2.19. The molecule has 0 unspecified atom stereocenters. The lowest BCUT2D eigenvalue weighted by Crippen LogP contribution is -2.40. The lowest BCUT2D eigenvalue weighted by molar-refractivity contribution is -0.120. The van der Waals surface area contributed by atoms with Crippen molar-refractivity contribution in [2.45, 2.75) is 12.6 Å². The van der Waals surface area contributed by atoms with E-state index in [4.69, 9.17) is 16.2 Å². The molecule has 14 heavy (non-hydrogen) atoms. The predicted octanol–water partition coefficient (Wildman–Crippen LogP) is 0.0158. The molecule has 4 nitrogen and oxygen atoms in total. The first-order valence-corrected chi connectivity index (χ1v) is 4.36. The number of carbonyl (C=O) groups is 1. The van der Waals surface area contributed by atoms with E-state index in [2.05, 4.69) is 0 Å². The summed E-state index contributed by atoms with van der Waals surface area (Å²) in [6.45, 7) is 0.603. The highest BCUT2D eigenvalue weighted by Crippen LogP contribution is 2.00. The molecule has 0 fully saturated rings. The standard InChI is InChI=1S/C10H14N2O2/c11-9(10(12)13)7-14-6-8-4-2-1-3-5-8/h1-5,9H,6-7,11H2,(H2,12,13)/t9-/m1/s1. The van der Waals surface area contributed by atoms with E-state index >= 15 is 0 Å². The molecule has 0 aliphatic rings. The summed E-state index contributed by atoms with van der Waals surface area (Å²) >= 11 is 0. The van der Waals surface area contributed by atoms with Gasteiger partial charge >= 0.3 is 0 Å². The van der Waals surface area contributed by atoms with E-state index in [9.17, 15) is 4.79 Å². The van der Waals surface area contributed by atoms with Crippen molar-refractivity contribution < 1.29 is 9.53 Å². The van der Waals surface area contributed by atoms with Crippen LogP contribution >= 0.6 is 0 Å². The largest absolute Gasteiger partial charge is 0.375 e. The molecule has 1 aromatic carbocycles. The van der Waals surface area contributed by atoms with Gasteiger partial charge in [0.2, 0.25) is 5.91 Å². The molecule has 1 rings (SSSR count). The van der Waals surface area contributed by atoms with Gasteiger partial charge in [0.25, 0.3) is 0 Å². The van der Waals surface area contributed by atoms with Crippen LogP contribution in [0.25, 0.3) is 0 Å². The van der Waals surface area contributed by atoms with Gasteiger partial charge in [-0.25, -0.2) is 0 Å². The molecule has 0 bridgehead atoms. The van der Waals surface area contributed by atoms with Gasteiger partial charge in [-0.15, -0.1) is 0 Å². The molecule has 0 aliphatic heterocycles. The molecule has 0 spiro atoms. The maximum atomic E-state index is 10.6. The van der Waals surface area contributed by atoms with E-state index in [0.717, 1.165) is 5.56 Å². The van der Waals surface area contributed by atoms with Gasteiger partial charge in [-0.3, -0.25) is 4.79 Å². The molecule has 4 N–H and O–H groups in total. The monoisotopic (exact) mass is 194 g/mol. The Balaban J connectivity index is 2.26. The van der Waals surface area contributed by atoms with Gasteiger partial charge in [0.15, 0.2) is 0 Å². The third-order valence-corrected chi connectivity index (χ3v) is 1.77. The Morgan fingerprint density at radius 2 is 2.00 bits per heavy atom. The molecule has 0 heterocycles. The first-order valence-electron chi connectivity index (χ1n) is 4.36. The highest BCUT2D eigenvalue weighted by atomic mass is 16.5. The van der Waals surface area contributed by atoms with E-state index in [1.165, 1.54) is 0 Å². The third-order valence-electron chi connectivity index (χ3n) is 1.77. The second-order valence-electron chi connectivity index (χ2n) is 3.01. The van der Waals surface area contributed by atoms with E-state index in [1.54, 1.807) is 0 Å². The zero-order valence-corrected chi connectivity index (χ0v) is 7.85. The zero-order chi connectivity index (χ0) is 10.4. The molecule has 0 radical (unpaired) electrons. The summed E-state index contributed by atoms with van der Waals surface area (Å²) in [6, 6.07) is 8.93. The summed E-state index contributed by atoms with van der Waals surface area (Å²) in [5.74, 6) is -0.543. The maximum Gasteiger partial charge on any atom is 0.236 e. The summed E-state index contributed by atoms with van der Waals surface area (Å²) in [6.07, 6.45) is 0. The Morgan fingerprint density at radius 3 is 2.57 bits per heavy atom. The molecule has 76 valence electrons. The predicted molar refractivity (Wildman–Crippen MR) is 53.3 cm³/mol. The number of hydrogen-bond acceptors (Lipinski definition) is 3. The van der Waals surface area contributed by atoms with Crippen LogP contribution in [0.3, 0.4) is 0 Å². The third kappa shape index (κ3) is 3.55. The quantitative estimate of drug-likeness (QED) is 0.693. The number of hydrogen-bond donors (Lipinski definition) is 2. The topological polar surface area (TPSA) is 78.3 Å². The Bertz CT molecular complexity index is 287. The number of nitrogens with two attached hydrogens (primary N) is 2. The Labute approximate surface area is 82.8 Å².